The van der Waals surface area contributed by atoms with Crippen LogP contribution in [-0.2, 0) is 6.42 Å². The Hall–Kier alpha value is -2.16. The van der Waals surface area contributed by atoms with Crippen molar-refractivity contribution in [3.8, 4) is 6.07 Å². The van der Waals surface area contributed by atoms with Gasteiger partial charge in [0.15, 0.2) is 0 Å². The second-order valence-corrected chi connectivity index (χ2v) is 5.74. The van der Waals surface area contributed by atoms with Gasteiger partial charge < -0.3 is 10.2 Å². The molecule has 1 amide bonds. The molecule has 1 saturated heterocycles. The molecule has 1 N–H and O–H groups in total. The predicted octanol–water partition coefficient (Wildman–Crippen LogP) is 0.600. The first-order chi connectivity index (χ1) is 9.76. The lowest BCUT2D eigenvalue weighted by Crippen LogP contribution is -2.48. The predicted molar refractivity (Wildman–Crippen MR) is 71.4 cm³/mol. The molecule has 0 aromatic carbocycles. The number of nitriles is 1. The summed E-state index contributed by atoms with van der Waals surface area (Å²) in [5.74, 6) is 2.10. The van der Waals surface area contributed by atoms with E-state index < -0.39 is 0 Å². The summed E-state index contributed by atoms with van der Waals surface area (Å²) in [6.07, 6.45) is 3.00. The highest BCUT2D eigenvalue weighted by Gasteiger charge is 2.35. The molecular formula is C14H15N5O. The zero-order valence-electron chi connectivity index (χ0n) is 11.1. The molecule has 3 aliphatic rings. The molecule has 1 aromatic rings. The second kappa shape index (κ2) is 4.17. The van der Waals surface area contributed by atoms with E-state index in [2.05, 4.69) is 21.3 Å². The van der Waals surface area contributed by atoms with Gasteiger partial charge in [-0.1, -0.05) is 0 Å². The fourth-order valence-corrected chi connectivity index (χ4v) is 2.81. The van der Waals surface area contributed by atoms with E-state index in [1.807, 2.05) is 0 Å². The zero-order valence-corrected chi connectivity index (χ0v) is 11.1. The molecule has 20 heavy (non-hydrogen) atoms. The van der Waals surface area contributed by atoms with Crippen molar-refractivity contribution in [2.45, 2.75) is 25.2 Å². The van der Waals surface area contributed by atoms with Crippen molar-refractivity contribution in [3.05, 3.63) is 17.1 Å². The first kappa shape index (κ1) is 11.6. The van der Waals surface area contributed by atoms with Crippen molar-refractivity contribution in [2.75, 3.05) is 24.5 Å². The topological polar surface area (TPSA) is 81.9 Å². The lowest BCUT2D eigenvalue weighted by Gasteiger charge is -2.38. The number of carbonyl (C=O) groups is 1. The van der Waals surface area contributed by atoms with Crippen molar-refractivity contribution in [3.63, 3.8) is 0 Å². The van der Waals surface area contributed by atoms with Crippen LogP contribution in [0, 0.1) is 17.2 Å². The Morgan fingerprint density at radius 2 is 2.10 bits per heavy atom. The van der Waals surface area contributed by atoms with Crippen molar-refractivity contribution in [1.29, 1.82) is 5.26 Å². The SMILES string of the molecule is N#CC1CN(c2nc(C3CC3)nc3c2CCNC3=O)C1. The van der Waals surface area contributed by atoms with Crippen molar-refractivity contribution >= 4 is 11.7 Å². The van der Waals surface area contributed by atoms with Crippen LogP contribution in [0.2, 0.25) is 0 Å². The number of hydrogen-bond donors (Lipinski definition) is 1. The van der Waals surface area contributed by atoms with Gasteiger partial charge in [-0.15, -0.1) is 0 Å². The number of hydrogen-bond acceptors (Lipinski definition) is 5. The summed E-state index contributed by atoms with van der Waals surface area (Å²) < 4.78 is 0. The Balaban J connectivity index is 1.76. The molecule has 3 heterocycles. The second-order valence-electron chi connectivity index (χ2n) is 5.74. The summed E-state index contributed by atoms with van der Waals surface area (Å²) in [5.41, 5.74) is 1.50. The van der Waals surface area contributed by atoms with Crippen LogP contribution in [0.4, 0.5) is 5.82 Å². The molecule has 0 spiro atoms. The van der Waals surface area contributed by atoms with Crippen LogP contribution in [0.1, 0.15) is 40.6 Å². The first-order valence-corrected chi connectivity index (χ1v) is 7.10. The minimum absolute atomic E-state index is 0.0856. The monoisotopic (exact) mass is 269 g/mol. The first-order valence-electron chi connectivity index (χ1n) is 7.10. The van der Waals surface area contributed by atoms with E-state index in [1.54, 1.807) is 0 Å². The average molecular weight is 269 g/mol. The molecule has 102 valence electrons. The smallest absolute Gasteiger partial charge is 0.270 e. The van der Waals surface area contributed by atoms with Crippen LogP contribution < -0.4 is 10.2 Å². The average Bonchev–Trinajstić information content (AvgIpc) is 3.22. The number of fused-ring (bicyclic) bond motifs is 1. The van der Waals surface area contributed by atoms with Gasteiger partial charge in [0, 0.05) is 31.1 Å². The number of amides is 1. The number of carbonyl (C=O) groups excluding carboxylic acids is 1. The van der Waals surface area contributed by atoms with Gasteiger partial charge in [-0.2, -0.15) is 5.26 Å². The minimum atomic E-state index is -0.0887. The van der Waals surface area contributed by atoms with Crippen LogP contribution in [-0.4, -0.2) is 35.5 Å². The third-order valence-corrected chi connectivity index (χ3v) is 4.18. The molecule has 0 radical (unpaired) electrons. The molecule has 2 fully saturated rings. The summed E-state index contributed by atoms with van der Waals surface area (Å²) >= 11 is 0. The highest BCUT2D eigenvalue weighted by Crippen LogP contribution is 2.40. The highest BCUT2D eigenvalue weighted by molar-refractivity contribution is 5.96. The Kier molecular flexibility index (Phi) is 2.43. The summed E-state index contributed by atoms with van der Waals surface area (Å²) in [6, 6.07) is 2.28. The summed E-state index contributed by atoms with van der Waals surface area (Å²) in [5, 5.41) is 11.8. The van der Waals surface area contributed by atoms with Crippen LogP contribution in [0.5, 0.6) is 0 Å². The van der Waals surface area contributed by atoms with Gasteiger partial charge in [-0.05, 0) is 19.3 Å². The van der Waals surface area contributed by atoms with E-state index in [1.165, 1.54) is 0 Å². The van der Waals surface area contributed by atoms with E-state index in [9.17, 15) is 4.79 Å². The lowest BCUT2D eigenvalue weighted by molar-refractivity contribution is 0.0940. The number of anilines is 1. The maximum atomic E-state index is 12.0. The highest BCUT2D eigenvalue weighted by atomic mass is 16.1. The number of rotatable bonds is 2. The van der Waals surface area contributed by atoms with Crippen LogP contribution in [0.25, 0.3) is 0 Å². The third kappa shape index (κ3) is 1.73. The van der Waals surface area contributed by atoms with Crippen molar-refractivity contribution < 1.29 is 4.79 Å². The Morgan fingerprint density at radius 3 is 2.80 bits per heavy atom. The molecule has 1 aliphatic carbocycles. The molecule has 0 bridgehead atoms. The van der Waals surface area contributed by atoms with Crippen LogP contribution in [0.3, 0.4) is 0 Å². The number of aromatic nitrogens is 2. The number of nitrogens with one attached hydrogen (secondary N) is 1. The van der Waals surface area contributed by atoms with Gasteiger partial charge in [-0.3, -0.25) is 4.79 Å². The molecule has 0 atom stereocenters. The molecule has 1 saturated carbocycles. The largest absolute Gasteiger partial charge is 0.353 e. The Labute approximate surface area is 116 Å². The molecule has 0 unspecified atom stereocenters. The van der Waals surface area contributed by atoms with Crippen LogP contribution >= 0.6 is 0 Å². The van der Waals surface area contributed by atoms with Crippen LogP contribution in [0.15, 0.2) is 0 Å². The summed E-state index contributed by atoms with van der Waals surface area (Å²) in [4.78, 5) is 23.3. The minimum Gasteiger partial charge on any atom is -0.353 e. The summed E-state index contributed by atoms with van der Waals surface area (Å²) in [7, 11) is 0. The maximum absolute atomic E-state index is 12.0. The van der Waals surface area contributed by atoms with E-state index in [-0.39, 0.29) is 11.8 Å². The molecule has 6 heteroatoms. The quantitative estimate of drug-likeness (QED) is 0.850. The van der Waals surface area contributed by atoms with Gasteiger partial charge in [0.1, 0.15) is 17.3 Å². The van der Waals surface area contributed by atoms with Gasteiger partial charge in [-0.25, -0.2) is 9.97 Å². The van der Waals surface area contributed by atoms with E-state index >= 15 is 0 Å². The normalized spacial score (nSPS) is 21.8. The maximum Gasteiger partial charge on any atom is 0.270 e. The van der Waals surface area contributed by atoms with E-state index in [4.69, 9.17) is 10.2 Å². The van der Waals surface area contributed by atoms with E-state index in [0.717, 1.165) is 36.5 Å². The molecule has 1 aromatic heterocycles. The van der Waals surface area contributed by atoms with Gasteiger partial charge >= 0.3 is 0 Å². The Bertz CT molecular complexity index is 625. The number of nitrogens with zero attached hydrogens (tertiary/aromatic N) is 4. The van der Waals surface area contributed by atoms with Crippen molar-refractivity contribution in [1.82, 2.24) is 15.3 Å². The third-order valence-electron chi connectivity index (χ3n) is 4.18. The zero-order chi connectivity index (χ0) is 13.7. The van der Waals surface area contributed by atoms with Gasteiger partial charge in [0.2, 0.25) is 0 Å². The fourth-order valence-electron chi connectivity index (χ4n) is 2.81. The standard InChI is InChI=1S/C14H15N5O/c15-5-8-6-19(7-8)13-10-3-4-16-14(20)11(10)17-12(18-13)9-1-2-9/h8-9H,1-4,6-7H2,(H,16,20). The fraction of sp³-hybridized carbons (Fsp3) is 0.571. The van der Waals surface area contributed by atoms with Gasteiger partial charge in [0.05, 0.1) is 12.0 Å². The molecule has 4 rings (SSSR count). The Morgan fingerprint density at radius 1 is 1.30 bits per heavy atom. The summed E-state index contributed by atoms with van der Waals surface area (Å²) in [6.45, 7) is 2.07. The van der Waals surface area contributed by atoms with E-state index in [0.29, 0.717) is 31.2 Å². The molecule has 6 nitrogen and oxygen atoms in total. The van der Waals surface area contributed by atoms with Gasteiger partial charge in [0.25, 0.3) is 5.91 Å². The molecular weight excluding hydrogens is 254 g/mol. The van der Waals surface area contributed by atoms with Crippen molar-refractivity contribution in [2.24, 2.45) is 5.92 Å². The molecule has 2 aliphatic heterocycles. The lowest BCUT2D eigenvalue weighted by atomic mass is 9.99.